The van der Waals surface area contributed by atoms with Gasteiger partial charge in [-0.05, 0) is 119 Å². The molecule has 3 amide bonds. The van der Waals surface area contributed by atoms with Gasteiger partial charge in [0.25, 0.3) is 0 Å². The number of hydrogen-bond acceptors (Lipinski definition) is 15. The fourth-order valence-electron chi connectivity index (χ4n) is 7.35. The molecule has 0 aliphatic rings. The number of fused-ring (bicyclic) bond motifs is 2. The van der Waals surface area contributed by atoms with E-state index in [1.54, 1.807) is 131 Å². The van der Waals surface area contributed by atoms with Crippen molar-refractivity contribution in [2.45, 2.75) is 200 Å². The van der Waals surface area contributed by atoms with Crippen molar-refractivity contribution in [3.63, 3.8) is 0 Å². The Kier molecular flexibility index (Phi) is 19.7. The van der Waals surface area contributed by atoms with Gasteiger partial charge in [-0.15, -0.1) is 0 Å². The summed E-state index contributed by atoms with van der Waals surface area (Å²) in [5.41, 5.74) is -4.72. The van der Waals surface area contributed by atoms with Crippen LogP contribution >= 0.6 is 0 Å². The van der Waals surface area contributed by atoms with Crippen molar-refractivity contribution in [3.05, 3.63) is 56.8 Å². The van der Waals surface area contributed by atoms with Crippen LogP contribution in [0.25, 0.3) is 21.9 Å². The van der Waals surface area contributed by atoms with E-state index in [1.807, 2.05) is 33.8 Å². The standard InChI is InChI=1S/C57H83N3O15/c1-30(2)24-26-32-34(70-46(62)43(52(5,6)7)58-49(65)73-55(14,15)16)28-36-39(42(32)72-48(64)45(54(11,12)13)60-51(67)75-57(20,21)22)40(61)38-33(27-25-31(3)4)41(68-23)37(29-35(38)69-36)71-47(63)44(53(8,9)10)59-50(66)74-56(17,18)19/h24-25,28-29,43-45H,26-27H2,1-23H3,(H,58,65)(H,59,66)(H,60,67)/t43-,44-,45?/m0/s1. The predicted octanol–water partition coefficient (Wildman–Crippen LogP) is 11.5. The highest BCUT2D eigenvalue weighted by atomic mass is 16.6. The lowest BCUT2D eigenvalue weighted by molar-refractivity contribution is -0.140. The number of esters is 3. The minimum Gasteiger partial charge on any atom is -0.493 e. The maximum absolute atomic E-state index is 15.7. The molecule has 3 N–H and O–H groups in total. The van der Waals surface area contributed by atoms with E-state index >= 15 is 4.79 Å². The largest absolute Gasteiger partial charge is 0.493 e. The maximum Gasteiger partial charge on any atom is 0.408 e. The number of carbonyl (C=O) groups excluding carboxylic acids is 6. The number of allylic oxidation sites excluding steroid dienone is 4. The van der Waals surface area contributed by atoms with Crippen LogP contribution in [0.2, 0.25) is 0 Å². The zero-order valence-corrected chi connectivity index (χ0v) is 48.6. The molecular weight excluding hydrogens is 967 g/mol. The first-order valence-corrected chi connectivity index (χ1v) is 25.0. The Morgan fingerprint density at radius 3 is 1.17 bits per heavy atom. The van der Waals surface area contributed by atoms with Crippen molar-refractivity contribution in [1.82, 2.24) is 16.0 Å². The molecule has 75 heavy (non-hydrogen) atoms. The summed E-state index contributed by atoms with van der Waals surface area (Å²) in [6.45, 7) is 37.9. The number of amides is 3. The average Bonchev–Trinajstić information content (AvgIpc) is 3.19. The van der Waals surface area contributed by atoms with E-state index in [-0.39, 0.29) is 68.9 Å². The Bertz CT molecular complexity index is 2770. The highest BCUT2D eigenvalue weighted by molar-refractivity contribution is 6.00. The second kappa shape index (κ2) is 23.5. The van der Waals surface area contributed by atoms with Crippen LogP contribution in [0.5, 0.6) is 23.0 Å². The summed E-state index contributed by atoms with van der Waals surface area (Å²) in [5, 5.41) is 7.61. The van der Waals surface area contributed by atoms with Gasteiger partial charge in [-0.25, -0.2) is 28.8 Å². The van der Waals surface area contributed by atoms with Gasteiger partial charge < -0.3 is 53.5 Å². The summed E-state index contributed by atoms with van der Waals surface area (Å²) in [4.78, 5) is 98.8. The second-order valence-electron chi connectivity index (χ2n) is 25.3. The van der Waals surface area contributed by atoms with E-state index in [4.69, 9.17) is 37.6 Å². The van der Waals surface area contributed by atoms with Gasteiger partial charge in [-0.1, -0.05) is 85.6 Å². The number of nitrogens with one attached hydrogen (secondary N) is 3. The van der Waals surface area contributed by atoms with E-state index < -0.39 is 92.8 Å². The molecule has 0 saturated carbocycles. The molecule has 3 rings (SSSR count). The topological polar surface area (TPSA) is 233 Å². The van der Waals surface area contributed by atoms with Crippen molar-refractivity contribution in [3.8, 4) is 23.0 Å². The third-order valence-corrected chi connectivity index (χ3v) is 10.8. The van der Waals surface area contributed by atoms with E-state index in [1.165, 1.54) is 19.2 Å². The Labute approximate surface area is 442 Å². The SMILES string of the molecule is COc1c(OC(=O)[C@H](NC(=O)OC(C)(C)C)C(C)(C)C)cc2oc3cc(OC(=O)[C@H](NC(=O)OC(C)(C)C)C(C)(C)C)c(CC=C(C)C)c(OC(=O)C(NC(=O)OC(C)(C)C)C(C)(C)C)c3c(=O)c2c1CC=C(C)C. The number of benzene rings is 2. The summed E-state index contributed by atoms with van der Waals surface area (Å²) in [6, 6.07) is -1.36. The number of alkyl carbamates (subject to hydrolysis) is 3. The minimum absolute atomic E-state index is 0.0150. The first-order chi connectivity index (χ1) is 33.9. The zero-order valence-electron chi connectivity index (χ0n) is 48.6. The molecule has 1 aromatic heterocycles. The van der Waals surface area contributed by atoms with E-state index in [0.29, 0.717) is 0 Å². The van der Waals surface area contributed by atoms with Crippen molar-refractivity contribution >= 4 is 58.1 Å². The molecule has 1 unspecified atom stereocenters. The molecule has 3 aromatic rings. The zero-order chi connectivity index (χ0) is 57.7. The van der Waals surface area contributed by atoms with Crippen LogP contribution in [-0.4, -0.2) is 78.2 Å². The molecule has 0 aliphatic carbocycles. The highest BCUT2D eigenvalue weighted by Crippen LogP contribution is 2.43. The molecule has 3 atom stereocenters. The Balaban J connectivity index is 2.64. The van der Waals surface area contributed by atoms with Crippen LogP contribution in [0.4, 0.5) is 14.4 Å². The van der Waals surface area contributed by atoms with Crippen LogP contribution in [0.3, 0.4) is 0 Å². The molecule has 18 nitrogen and oxygen atoms in total. The summed E-state index contributed by atoms with van der Waals surface area (Å²) < 4.78 is 47.7. The quantitative estimate of drug-likeness (QED) is 0.0448. The number of rotatable bonds is 14. The van der Waals surface area contributed by atoms with Crippen molar-refractivity contribution in [2.75, 3.05) is 7.11 Å². The molecule has 0 radical (unpaired) electrons. The van der Waals surface area contributed by atoms with Crippen molar-refractivity contribution < 1.29 is 66.3 Å². The van der Waals surface area contributed by atoms with Crippen LogP contribution in [-0.2, 0) is 41.4 Å². The van der Waals surface area contributed by atoms with Crippen LogP contribution < -0.4 is 40.3 Å². The van der Waals surface area contributed by atoms with Gasteiger partial charge in [-0.3, -0.25) is 4.79 Å². The van der Waals surface area contributed by atoms with Crippen LogP contribution in [0.15, 0.2) is 44.6 Å². The Hall–Kier alpha value is -6.59. The number of hydrogen-bond donors (Lipinski definition) is 3. The molecule has 0 bridgehead atoms. The van der Waals surface area contributed by atoms with Crippen LogP contribution in [0, 0.1) is 16.2 Å². The predicted molar refractivity (Wildman–Crippen MR) is 288 cm³/mol. The van der Waals surface area contributed by atoms with E-state index in [0.717, 1.165) is 11.1 Å². The van der Waals surface area contributed by atoms with Gasteiger partial charge in [0.05, 0.1) is 12.5 Å². The van der Waals surface area contributed by atoms with Gasteiger partial charge in [-0.2, -0.15) is 0 Å². The third-order valence-electron chi connectivity index (χ3n) is 10.8. The van der Waals surface area contributed by atoms with E-state index in [2.05, 4.69) is 16.0 Å². The first kappa shape index (κ1) is 62.7. The third kappa shape index (κ3) is 18.0. The monoisotopic (exact) mass is 1050 g/mol. The van der Waals surface area contributed by atoms with Crippen LogP contribution in [0.1, 0.15) is 163 Å². The Morgan fingerprint density at radius 1 is 0.493 bits per heavy atom. The fraction of sp³-hybridized carbons (Fsp3) is 0.596. The van der Waals surface area contributed by atoms with Crippen molar-refractivity contribution in [2.24, 2.45) is 16.2 Å². The van der Waals surface area contributed by atoms with Crippen molar-refractivity contribution in [1.29, 1.82) is 0 Å². The average molecular weight is 1050 g/mol. The molecule has 416 valence electrons. The maximum atomic E-state index is 15.7. The van der Waals surface area contributed by atoms with Gasteiger partial charge >= 0.3 is 36.2 Å². The number of methoxy groups -OCH3 is 1. The first-order valence-electron chi connectivity index (χ1n) is 25.0. The molecular formula is C57H83N3O15. The molecule has 2 aromatic carbocycles. The van der Waals surface area contributed by atoms with Gasteiger partial charge in [0.2, 0.25) is 5.43 Å². The van der Waals surface area contributed by atoms with Gasteiger partial charge in [0.1, 0.15) is 57.2 Å². The smallest absolute Gasteiger partial charge is 0.408 e. The molecule has 0 aliphatic heterocycles. The summed E-state index contributed by atoms with van der Waals surface area (Å²) in [6.07, 6.45) is 0.919. The molecule has 0 spiro atoms. The Morgan fingerprint density at radius 2 is 0.827 bits per heavy atom. The second-order valence-corrected chi connectivity index (χ2v) is 25.3. The minimum atomic E-state index is -1.38. The molecule has 1 heterocycles. The molecule has 0 fully saturated rings. The van der Waals surface area contributed by atoms with Gasteiger partial charge in [0, 0.05) is 23.3 Å². The number of ether oxygens (including phenoxy) is 7. The summed E-state index contributed by atoms with van der Waals surface area (Å²) in [5.74, 6) is -3.60. The molecule has 0 saturated heterocycles. The normalized spacial score (nSPS) is 13.6. The lowest BCUT2D eigenvalue weighted by atomic mass is 9.86. The lowest BCUT2D eigenvalue weighted by Crippen LogP contribution is -2.52. The lowest BCUT2D eigenvalue weighted by Gasteiger charge is -2.31. The van der Waals surface area contributed by atoms with Gasteiger partial charge in [0.15, 0.2) is 17.2 Å². The highest BCUT2D eigenvalue weighted by Gasteiger charge is 2.41. The fourth-order valence-corrected chi connectivity index (χ4v) is 7.35. The summed E-state index contributed by atoms with van der Waals surface area (Å²) in [7, 11) is 1.34. The summed E-state index contributed by atoms with van der Waals surface area (Å²) >= 11 is 0. The molecule has 18 heteroatoms. The number of carbonyl (C=O) groups is 6. The van der Waals surface area contributed by atoms with E-state index in [9.17, 15) is 28.8 Å².